The van der Waals surface area contributed by atoms with Gasteiger partial charge in [0.05, 0.1) is 23.6 Å². The summed E-state index contributed by atoms with van der Waals surface area (Å²) in [7, 11) is -2.88. The van der Waals surface area contributed by atoms with E-state index in [0.717, 1.165) is 51.6 Å². The van der Waals surface area contributed by atoms with Gasteiger partial charge in [0.15, 0.2) is 0 Å². The summed E-state index contributed by atoms with van der Waals surface area (Å²) in [4.78, 5) is 14.6. The third-order valence-electron chi connectivity index (χ3n) is 8.38. The van der Waals surface area contributed by atoms with Crippen molar-refractivity contribution >= 4 is 15.7 Å². The van der Waals surface area contributed by atoms with Gasteiger partial charge in [-0.3, -0.25) is 25.6 Å². The summed E-state index contributed by atoms with van der Waals surface area (Å²) in [6, 6.07) is 1.02. The lowest BCUT2D eigenvalue weighted by atomic mass is 9.80. The number of piperidine rings is 2. The monoisotopic (exact) mass is 499 g/mol. The molecule has 4 aliphatic heterocycles. The van der Waals surface area contributed by atoms with Gasteiger partial charge in [0.1, 0.15) is 16.1 Å². The zero-order chi connectivity index (χ0) is 24.5. The van der Waals surface area contributed by atoms with Crippen LogP contribution in [0.25, 0.3) is 0 Å². The summed E-state index contributed by atoms with van der Waals surface area (Å²) in [5.41, 5.74) is 12.0. The number of sulfone groups is 1. The average molecular weight is 500 g/mol. The molecule has 10 nitrogen and oxygen atoms in total. The van der Waals surface area contributed by atoms with Crippen LogP contribution in [0.4, 0.5) is 0 Å². The highest BCUT2D eigenvalue weighted by atomic mass is 32.2. The van der Waals surface area contributed by atoms with Crippen LogP contribution in [0, 0.1) is 17.8 Å². The molecular formula is C23H45N7O3S. The second kappa shape index (κ2) is 11.1. The van der Waals surface area contributed by atoms with Crippen LogP contribution < -0.4 is 32.7 Å². The van der Waals surface area contributed by atoms with Crippen LogP contribution in [-0.4, -0.2) is 87.0 Å². The molecule has 8 N–H and O–H groups in total. The van der Waals surface area contributed by atoms with E-state index in [4.69, 9.17) is 11.5 Å². The molecule has 0 aromatic carbocycles. The maximum atomic E-state index is 12.3. The molecule has 4 rings (SSSR count). The van der Waals surface area contributed by atoms with Gasteiger partial charge in [0.2, 0.25) is 5.91 Å². The molecule has 4 heterocycles. The minimum absolute atomic E-state index is 0.0404. The summed E-state index contributed by atoms with van der Waals surface area (Å²) >= 11 is 0. The molecule has 0 bridgehead atoms. The van der Waals surface area contributed by atoms with Crippen molar-refractivity contribution in [2.75, 3.05) is 31.1 Å². The molecule has 4 aliphatic rings. The van der Waals surface area contributed by atoms with Crippen molar-refractivity contribution in [3.05, 3.63) is 0 Å². The van der Waals surface area contributed by atoms with Crippen molar-refractivity contribution in [1.82, 2.24) is 26.2 Å². The lowest BCUT2D eigenvalue weighted by molar-refractivity contribution is -0.124. The lowest BCUT2D eigenvalue weighted by Crippen LogP contribution is -2.72. The van der Waals surface area contributed by atoms with Crippen molar-refractivity contribution in [2.24, 2.45) is 29.2 Å². The van der Waals surface area contributed by atoms with Gasteiger partial charge in [-0.05, 0) is 50.4 Å². The Hall–Kier alpha value is -0.820. The third kappa shape index (κ3) is 6.48. The van der Waals surface area contributed by atoms with E-state index in [2.05, 4.69) is 40.0 Å². The fraction of sp³-hybridized carbons (Fsp3) is 0.957. The van der Waals surface area contributed by atoms with Crippen LogP contribution in [0.15, 0.2) is 0 Å². The van der Waals surface area contributed by atoms with Gasteiger partial charge in [-0.25, -0.2) is 8.42 Å². The largest absolute Gasteiger partial charge is 0.369 e. The average Bonchev–Trinajstić information content (AvgIpc) is 2.78. The summed E-state index contributed by atoms with van der Waals surface area (Å²) < 4.78 is 23.9. The predicted molar refractivity (Wildman–Crippen MR) is 133 cm³/mol. The van der Waals surface area contributed by atoms with Crippen LogP contribution >= 0.6 is 0 Å². The first kappa shape index (κ1) is 26.2. The quantitative estimate of drug-likeness (QED) is 0.266. The first-order valence-corrected chi connectivity index (χ1v) is 14.9. The molecule has 0 aromatic heterocycles. The number of hydrogen-bond donors (Lipinski definition) is 6. The minimum atomic E-state index is -2.88. The minimum Gasteiger partial charge on any atom is -0.369 e. The summed E-state index contributed by atoms with van der Waals surface area (Å²) in [6.45, 7) is 6.79. The number of nitrogens with two attached hydrogens (primary N) is 2. The molecule has 4 fully saturated rings. The first-order chi connectivity index (χ1) is 16.1. The second-order valence-corrected chi connectivity index (χ2v) is 13.6. The van der Waals surface area contributed by atoms with Gasteiger partial charge in [-0.1, -0.05) is 13.8 Å². The van der Waals surface area contributed by atoms with E-state index in [1.807, 2.05) is 0 Å². The van der Waals surface area contributed by atoms with Crippen molar-refractivity contribution < 1.29 is 13.2 Å². The Kier molecular flexibility index (Phi) is 8.54. The molecule has 0 aliphatic carbocycles. The van der Waals surface area contributed by atoms with Gasteiger partial charge < -0.3 is 16.8 Å². The Morgan fingerprint density at radius 3 is 2.50 bits per heavy atom. The van der Waals surface area contributed by atoms with E-state index in [9.17, 15) is 13.2 Å². The lowest BCUT2D eigenvalue weighted by Gasteiger charge is -2.47. The van der Waals surface area contributed by atoms with Gasteiger partial charge in [0.25, 0.3) is 0 Å². The Morgan fingerprint density at radius 1 is 1.12 bits per heavy atom. The molecule has 0 saturated carbocycles. The predicted octanol–water partition coefficient (Wildman–Crippen LogP) is -1.13. The molecule has 196 valence electrons. The second-order valence-electron chi connectivity index (χ2n) is 11.3. The van der Waals surface area contributed by atoms with Crippen molar-refractivity contribution in [3.63, 3.8) is 0 Å². The number of nitrogens with one attached hydrogen (secondary N) is 4. The maximum Gasteiger partial charge on any atom is 0.224 e. The first-order valence-electron chi connectivity index (χ1n) is 13.1. The zero-order valence-electron chi connectivity index (χ0n) is 20.7. The highest BCUT2D eigenvalue weighted by Gasteiger charge is 2.41. The van der Waals surface area contributed by atoms with E-state index < -0.39 is 9.84 Å². The van der Waals surface area contributed by atoms with Crippen molar-refractivity contribution in [1.29, 1.82) is 0 Å². The van der Waals surface area contributed by atoms with Crippen LogP contribution in [0.5, 0.6) is 0 Å². The van der Waals surface area contributed by atoms with Crippen LogP contribution in [0.1, 0.15) is 52.4 Å². The van der Waals surface area contributed by atoms with E-state index in [0.29, 0.717) is 35.9 Å². The number of primary amides is 1. The van der Waals surface area contributed by atoms with Crippen molar-refractivity contribution in [2.45, 2.75) is 89.0 Å². The summed E-state index contributed by atoms with van der Waals surface area (Å²) in [5, 5.41) is 14.7. The standard InChI is InChI=1S/C23H45N7O3S/c1-14(2)19-10-17(11-20(28-19)15-5-8-34(32,33)9-6-15)27-22-18(21(25)31)12-26-23(29-22)30-7-3-4-16(24)13-30/h14-20,22-23,26-29H,3-13,24H2,1-2H3,(H2,25,31)/t16-,17?,18?,19?,20?,22?,23?/m0/s1. The topological polar surface area (TPSA) is 155 Å². The SMILES string of the molecule is CC(C)C1CC(NC2NC(N3CCC[C@H](N)C3)NCC2C(N)=O)CC(C2CCS(=O)(=O)CC2)N1. The molecule has 1 amide bonds. The summed E-state index contributed by atoms with van der Waals surface area (Å²) in [5.74, 6) is 0.758. The molecule has 7 atom stereocenters. The fourth-order valence-electron chi connectivity index (χ4n) is 6.25. The van der Waals surface area contributed by atoms with Gasteiger partial charge in [-0.2, -0.15) is 0 Å². The van der Waals surface area contributed by atoms with Crippen molar-refractivity contribution in [3.8, 4) is 0 Å². The number of likely N-dealkylation sites (tertiary alicyclic amines) is 1. The number of carbonyl (C=O) groups is 1. The van der Waals surface area contributed by atoms with E-state index >= 15 is 0 Å². The Bertz CT molecular complexity index is 796. The highest BCUT2D eigenvalue weighted by molar-refractivity contribution is 7.91. The van der Waals surface area contributed by atoms with Gasteiger partial charge >= 0.3 is 0 Å². The molecule has 0 spiro atoms. The third-order valence-corrected chi connectivity index (χ3v) is 10.1. The molecule has 11 heteroatoms. The molecule has 4 saturated heterocycles. The number of carbonyl (C=O) groups excluding carboxylic acids is 1. The van der Waals surface area contributed by atoms with Crippen LogP contribution in [0.3, 0.4) is 0 Å². The molecule has 0 radical (unpaired) electrons. The summed E-state index contributed by atoms with van der Waals surface area (Å²) in [6.07, 6.45) is 5.20. The number of rotatable bonds is 6. The molecule has 0 aromatic rings. The maximum absolute atomic E-state index is 12.3. The Labute approximate surface area is 204 Å². The van der Waals surface area contributed by atoms with Gasteiger partial charge in [-0.15, -0.1) is 0 Å². The van der Waals surface area contributed by atoms with Gasteiger partial charge in [0, 0.05) is 43.8 Å². The van der Waals surface area contributed by atoms with E-state index in [1.54, 1.807) is 0 Å². The number of hydrogen-bond acceptors (Lipinski definition) is 9. The highest BCUT2D eigenvalue weighted by Crippen LogP contribution is 2.30. The smallest absolute Gasteiger partial charge is 0.224 e. The molecular weight excluding hydrogens is 454 g/mol. The van der Waals surface area contributed by atoms with Crippen LogP contribution in [0.2, 0.25) is 0 Å². The van der Waals surface area contributed by atoms with Crippen LogP contribution in [-0.2, 0) is 14.6 Å². The number of amides is 1. The van der Waals surface area contributed by atoms with E-state index in [1.165, 1.54) is 0 Å². The fourth-order valence-corrected chi connectivity index (χ4v) is 7.78. The number of nitrogens with zero attached hydrogens (tertiary/aromatic N) is 1. The Morgan fingerprint density at radius 2 is 1.85 bits per heavy atom. The Balaban J connectivity index is 1.44. The molecule has 34 heavy (non-hydrogen) atoms. The zero-order valence-corrected chi connectivity index (χ0v) is 21.5. The normalized spacial score (nSPS) is 40.3. The molecule has 6 unspecified atom stereocenters. The van der Waals surface area contributed by atoms with E-state index in [-0.39, 0.29) is 42.4 Å².